The highest BCUT2D eigenvalue weighted by Gasteiger charge is 2.15. The number of hydrogen-bond acceptors (Lipinski definition) is 4. The van der Waals surface area contributed by atoms with Crippen LogP contribution >= 0.6 is 12.4 Å². The molecule has 0 spiro atoms. The number of hydrogen-bond donors (Lipinski definition) is 1. The fourth-order valence-electron chi connectivity index (χ4n) is 2.84. The number of sulfonamides is 1. The topological polar surface area (TPSA) is 68.3 Å². The normalized spacial score (nSPS) is 11.1. The van der Waals surface area contributed by atoms with Crippen molar-refractivity contribution in [2.45, 2.75) is 18.7 Å². The minimum Gasteiger partial charge on any atom is -0.497 e. The second kappa shape index (κ2) is 9.58. The van der Waals surface area contributed by atoms with Crippen LogP contribution in [0.2, 0.25) is 0 Å². The zero-order valence-corrected chi connectivity index (χ0v) is 18.0. The highest BCUT2D eigenvalue weighted by atomic mass is 35.5. The quantitative estimate of drug-likeness (QED) is 0.590. The molecule has 3 rings (SSSR count). The molecule has 0 saturated heterocycles. The molecular formula is C22H23ClN2O3S. The molecule has 1 heterocycles. The van der Waals surface area contributed by atoms with Gasteiger partial charge in [-0.15, -0.1) is 12.4 Å². The van der Waals surface area contributed by atoms with Gasteiger partial charge in [-0.1, -0.05) is 30.4 Å². The summed E-state index contributed by atoms with van der Waals surface area (Å²) < 4.78 is 33.2. The SMILES string of the molecule is COc1ccc(S(=O)(=O)Nc2ccccc2C=Cc2cc(C)nc(C)c2)cc1.Cl. The number of methoxy groups -OCH3 is 1. The van der Waals surface area contributed by atoms with E-state index in [1.165, 1.54) is 19.2 Å². The summed E-state index contributed by atoms with van der Waals surface area (Å²) in [5.74, 6) is 0.602. The Labute approximate surface area is 177 Å². The van der Waals surface area contributed by atoms with Crippen molar-refractivity contribution in [2.24, 2.45) is 0 Å². The third kappa shape index (κ3) is 5.82. The molecule has 0 aliphatic rings. The zero-order chi connectivity index (χ0) is 20.1. The van der Waals surface area contributed by atoms with Gasteiger partial charge in [0.1, 0.15) is 5.75 Å². The van der Waals surface area contributed by atoms with Crippen LogP contribution in [0.4, 0.5) is 5.69 Å². The zero-order valence-electron chi connectivity index (χ0n) is 16.4. The van der Waals surface area contributed by atoms with Gasteiger partial charge in [-0.25, -0.2) is 8.42 Å². The second-order valence-corrected chi connectivity index (χ2v) is 8.07. The molecule has 0 aliphatic carbocycles. The number of benzene rings is 2. The molecule has 152 valence electrons. The third-order valence-corrected chi connectivity index (χ3v) is 5.52. The van der Waals surface area contributed by atoms with E-state index in [9.17, 15) is 8.42 Å². The molecule has 0 radical (unpaired) electrons. The molecular weight excluding hydrogens is 408 g/mol. The van der Waals surface area contributed by atoms with Crippen molar-refractivity contribution in [3.05, 3.63) is 83.2 Å². The van der Waals surface area contributed by atoms with Crippen LogP contribution in [0, 0.1) is 13.8 Å². The Morgan fingerprint density at radius 3 is 2.17 bits per heavy atom. The van der Waals surface area contributed by atoms with Crippen LogP contribution in [0.25, 0.3) is 12.2 Å². The smallest absolute Gasteiger partial charge is 0.261 e. The lowest BCUT2D eigenvalue weighted by molar-refractivity contribution is 0.414. The van der Waals surface area contributed by atoms with E-state index in [0.717, 1.165) is 22.5 Å². The van der Waals surface area contributed by atoms with Crippen molar-refractivity contribution in [3.8, 4) is 5.75 Å². The number of para-hydroxylation sites is 1. The molecule has 0 bridgehead atoms. The van der Waals surface area contributed by atoms with E-state index in [0.29, 0.717) is 11.4 Å². The minimum atomic E-state index is -3.71. The molecule has 0 fully saturated rings. The van der Waals surface area contributed by atoms with Crippen LogP contribution < -0.4 is 9.46 Å². The highest BCUT2D eigenvalue weighted by molar-refractivity contribution is 7.92. The summed E-state index contributed by atoms with van der Waals surface area (Å²) in [4.78, 5) is 4.54. The van der Waals surface area contributed by atoms with Crippen LogP contribution in [0.1, 0.15) is 22.5 Å². The fraction of sp³-hybridized carbons (Fsp3) is 0.136. The molecule has 0 amide bonds. The summed E-state index contributed by atoms with van der Waals surface area (Å²) in [7, 11) is -2.17. The number of pyridine rings is 1. The lowest BCUT2D eigenvalue weighted by Crippen LogP contribution is -2.13. The predicted molar refractivity (Wildman–Crippen MR) is 120 cm³/mol. The Hall–Kier alpha value is -2.83. The van der Waals surface area contributed by atoms with Crippen LogP contribution in [0.5, 0.6) is 5.75 Å². The Morgan fingerprint density at radius 2 is 1.55 bits per heavy atom. The number of ether oxygens (including phenoxy) is 1. The summed E-state index contributed by atoms with van der Waals surface area (Å²) in [5.41, 5.74) is 4.17. The van der Waals surface area contributed by atoms with Gasteiger partial charge in [0, 0.05) is 11.4 Å². The number of nitrogens with one attached hydrogen (secondary N) is 1. The number of rotatable bonds is 6. The maximum atomic E-state index is 12.7. The number of anilines is 1. The summed E-state index contributed by atoms with van der Waals surface area (Å²) >= 11 is 0. The van der Waals surface area contributed by atoms with Gasteiger partial charge in [0.2, 0.25) is 0 Å². The molecule has 5 nitrogen and oxygen atoms in total. The first kappa shape index (κ1) is 22.5. The average Bonchev–Trinajstić information content (AvgIpc) is 2.66. The van der Waals surface area contributed by atoms with E-state index < -0.39 is 10.0 Å². The van der Waals surface area contributed by atoms with E-state index in [2.05, 4.69) is 9.71 Å². The molecule has 1 aromatic heterocycles. The summed E-state index contributed by atoms with van der Waals surface area (Å²) in [6, 6.07) is 17.5. The van der Waals surface area contributed by atoms with E-state index in [1.807, 2.05) is 50.3 Å². The maximum absolute atomic E-state index is 12.7. The Morgan fingerprint density at radius 1 is 0.931 bits per heavy atom. The fourth-order valence-corrected chi connectivity index (χ4v) is 3.93. The van der Waals surface area contributed by atoms with Gasteiger partial charge in [-0.2, -0.15) is 0 Å². The Kier molecular flexibility index (Phi) is 7.42. The number of halogens is 1. The molecule has 0 unspecified atom stereocenters. The summed E-state index contributed by atoms with van der Waals surface area (Å²) in [6.45, 7) is 3.89. The molecule has 1 N–H and O–H groups in total. The molecule has 0 saturated carbocycles. The first-order valence-electron chi connectivity index (χ1n) is 8.77. The largest absolute Gasteiger partial charge is 0.497 e. The summed E-state index contributed by atoms with van der Waals surface area (Å²) in [5, 5.41) is 0. The first-order chi connectivity index (χ1) is 13.4. The monoisotopic (exact) mass is 430 g/mol. The molecule has 0 aliphatic heterocycles. The minimum absolute atomic E-state index is 0. The lowest BCUT2D eigenvalue weighted by Gasteiger charge is -2.11. The maximum Gasteiger partial charge on any atom is 0.261 e. The van der Waals surface area contributed by atoms with Crippen LogP contribution in [0.15, 0.2) is 65.6 Å². The van der Waals surface area contributed by atoms with Gasteiger partial charge in [0.05, 0.1) is 17.7 Å². The third-order valence-electron chi connectivity index (χ3n) is 4.13. The number of aryl methyl sites for hydroxylation is 2. The highest BCUT2D eigenvalue weighted by Crippen LogP contribution is 2.23. The van der Waals surface area contributed by atoms with Gasteiger partial charge in [-0.3, -0.25) is 9.71 Å². The van der Waals surface area contributed by atoms with Crippen LogP contribution in [-0.4, -0.2) is 20.5 Å². The predicted octanol–water partition coefficient (Wildman–Crippen LogP) is 5.10. The van der Waals surface area contributed by atoms with E-state index in [4.69, 9.17) is 4.74 Å². The molecule has 29 heavy (non-hydrogen) atoms. The first-order valence-corrected chi connectivity index (χ1v) is 10.2. The van der Waals surface area contributed by atoms with Crippen molar-refractivity contribution in [1.29, 1.82) is 0 Å². The van der Waals surface area contributed by atoms with Gasteiger partial charge in [0.25, 0.3) is 10.0 Å². The van der Waals surface area contributed by atoms with Crippen molar-refractivity contribution in [3.63, 3.8) is 0 Å². The Bertz CT molecular complexity index is 1090. The molecule has 0 atom stereocenters. The van der Waals surface area contributed by atoms with E-state index in [-0.39, 0.29) is 17.3 Å². The second-order valence-electron chi connectivity index (χ2n) is 6.38. The van der Waals surface area contributed by atoms with E-state index >= 15 is 0 Å². The molecule has 7 heteroatoms. The Balaban J connectivity index is 0.00000300. The number of aromatic nitrogens is 1. The van der Waals surface area contributed by atoms with Crippen molar-refractivity contribution < 1.29 is 13.2 Å². The van der Waals surface area contributed by atoms with Crippen LogP contribution in [0.3, 0.4) is 0 Å². The summed E-state index contributed by atoms with van der Waals surface area (Å²) in [6.07, 6.45) is 3.84. The molecule has 2 aromatic carbocycles. The van der Waals surface area contributed by atoms with Gasteiger partial charge in [0.15, 0.2) is 0 Å². The lowest BCUT2D eigenvalue weighted by atomic mass is 10.1. The van der Waals surface area contributed by atoms with Gasteiger partial charge >= 0.3 is 0 Å². The molecule has 3 aromatic rings. The number of nitrogens with zero attached hydrogens (tertiary/aromatic N) is 1. The van der Waals surface area contributed by atoms with Crippen molar-refractivity contribution in [1.82, 2.24) is 4.98 Å². The van der Waals surface area contributed by atoms with Gasteiger partial charge in [-0.05, 0) is 67.4 Å². The average molecular weight is 431 g/mol. The standard InChI is InChI=1S/C22H22N2O3S.ClH/c1-16-14-18(15-17(2)23-16)8-9-19-6-4-5-7-22(19)24-28(25,26)21-12-10-20(27-3)11-13-21;/h4-15,24H,1-3H3;1H. The van der Waals surface area contributed by atoms with Gasteiger partial charge < -0.3 is 4.74 Å². The van der Waals surface area contributed by atoms with Crippen molar-refractivity contribution >= 4 is 40.3 Å². The van der Waals surface area contributed by atoms with Crippen LogP contribution in [-0.2, 0) is 10.0 Å². The van der Waals surface area contributed by atoms with E-state index in [1.54, 1.807) is 24.3 Å². The van der Waals surface area contributed by atoms with Crippen molar-refractivity contribution in [2.75, 3.05) is 11.8 Å².